The van der Waals surface area contributed by atoms with Gasteiger partial charge in [0.1, 0.15) is 16.4 Å². The molecule has 5 N–H and O–H groups in total. The molecular formula is C63H82N3O28S5+. The number of anilines is 1. The molecule has 0 radical (unpaired) electrons. The standard InChI is InChI=1S/C63H81N3O28S5/c1-62(20-10-40-95(70,71)72)55(65(22-26-85-3)52-44-54(99(82,83)84)47-14-13-45(96(73,74)75)41-49(47)61(52)62)11-8-6-5-7-9-12-56-63(2,21-25-88-31-34-92-37-36-90-29-28-86-4)60-50-42-46(97(76,77)78)43-53(98(79,80)81)48(50)15-16-51(60)64(56)23-27-89-32-35-93-39-38-91-33-30-87-24-19-59(69)94-66-57(67)17-18-58(66)68/h5-9,11-16,41-44H,10,17-40H2,1-4H3,(H4-,70,71,72,73,74,75,76,77,78,79,80,81,82,83,84)/p+1. The number of carbonyl (C=O) groups excluding carboxylic acids is 3. The Morgan fingerprint density at radius 2 is 1.02 bits per heavy atom. The zero-order chi connectivity index (χ0) is 72.4. The van der Waals surface area contributed by atoms with Gasteiger partial charge in [0, 0.05) is 85.5 Å². The summed E-state index contributed by atoms with van der Waals surface area (Å²) in [5.74, 6) is -2.66. The molecule has 99 heavy (non-hydrogen) atoms. The maximum Gasteiger partial charge on any atom is 0.335 e. The first-order chi connectivity index (χ1) is 46.8. The van der Waals surface area contributed by atoms with E-state index in [0.717, 1.165) is 24.3 Å². The first kappa shape index (κ1) is 79.9. The molecule has 2 unspecified atom stereocenters. The van der Waals surface area contributed by atoms with E-state index in [0.29, 0.717) is 59.2 Å². The van der Waals surface area contributed by atoms with Crippen LogP contribution in [0.4, 0.5) is 11.4 Å². The summed E-state index contributed by atoms with van der Waals surface area (Å²) in [4.78, 5) is 39.3. The Bertz CT molecular complexity index is 4330. The minimum absolute atomic E-state index is 0.00404. The SMILES string of the molecule is COCCOCCOCCOCCC1(C)\C(=C/C=C/C=C/C=C/C2=[N+](CCOC)c3cc(S(=O)(=O)O)c4ccc(S(=O)(=O)O)cc4c3C2(C)CCCS(=O)(=O)O)N(CCOCCOCCOCCOCCC(=O)ON2C(=O)CCC2=O)c2ccc3c(S(=O)(=O)O)cc(S(=O)(=O)O)cc3c21. The summed E-state index contributed by atoms with van der Waals surface area (Å²) in [6.07, 6.45) is 11.4. The van der Waals surface area contributed by atoms with Gasteiger partial charge in [-0.2, -0.15) is 46.7 Å². The molecule has 2 atom stereocenters. The molecule has 1 saturated heterocycles. The summed E-state index contributed by atoms with van der Waals surface area (Å²) in [7, 11) is -21.6. The molecule has 7 rings (SSSR count). The van der Waals surface area contributed by atoms with Crippen molar-refractivity contribution in [2.75, 3.05) is 144 Å². The third-order valence-electron chi connectivity index (χ3n) is 16.3. The first-order valence-corrected chi connectivity index (χ1v) is 38.4. The van der Waals surface area contributed by atoms with E-state index in [1.807, 2.05) is 11.8 Å². The molecule has 0 saturated carbocycles. The quantitative estimate of drug-likeness (QED) is 0.0126. The van der Waals surface area contributed by atoms with E-state index in [2.05, 4.69) is 0 Å². The predicted molar refractivity (Wildman–Crippen MR) is 356 cm³/mol. The van der Waals surface area contributed by atoms with Gasteiger partial charge in [0.05, 0.1) is 120 Å². The molecule has 1 fully saturated rings. The number of carbonyl (C=O) groups is 3. The van der Waals surface area contributed by atoms with Gasteiger partial charge >= 0.3 is 5.97 Å². The van der Waals surface area contributed by atoms with E-state index >= 15 is 0 Å². The second-order valence-corrected chi connectivity index (χ2v) is 30.3. The van der Waals surface area contributed by atoms with Gasteiger partial charge in [-0.15, -0.1) is 5.06 Å². The van der Waals surface area contributed by atoms with Crippen LogP contribution in [-0.2, 0) is 123 Å². The summed E-state index contributed by atoms with van der Waals surface area (Å²) in [6, 6.07) is 9.19. The lowest BCUT2D eigenvalue weighted by Crippen LogP contribution is -2.32. The third-order valence-corrected chi connectivity index (χ3v) is 20.6. The highest BCUT2D eigenvalue weighted by molar-refractivity contribution is 7.87. The average molecular weight is 1490 g/mol. The number of benzene rings is 4. The largest absolute Gasteiger partial charge is 0.382 e. The van der Waals surface area contributed by atoms with Gasteiger partial charge in [0.15, 0.2) is 12.3 Å². The Morgan fingerprint density at radius 1 is 0.525 bits per heavy atom. The number of methoxy groups -OCH3 is 2. The van der Waals surface area contributed by atoms with Crippen LogP contribution in [0.25, 0.3) is 21.5 Å². The van der Waals surface area contributed by atoms with E-state index in [4.69, 9.17) is 47.5 Å². The average Bonchev–Trinajstić information content (AvgIpc) is 1.60. The highest BCUT2D eigenvalue weighted by Crippen LogP contribution is 2.54. The topological polar surface area (TPSA) is 425 Å². The van der Waals surface area contributed by atoms with Crippen molar-refractivity contribution in [2.24, 2.45) is 0 Å². The smallest absolute Gasteiger partial charge is 0.335 e. The van der Waals surface area contributed by atoms with Crippen molar-refractivity contribution in [1.82, 2.24) is 5.06 Å². The number of nitrogens with zero attached hydrogens (tertiary/aromatic N) is 3. The monoisotopic (exact) mass is 1490 g/mol. The van der Waals surface area contributed by atoms with E-state index in [-0.39, 0.29) is 165 Å². The van der Waals surface area contributed by atoms with E-state index in [9.17, 15) is 79.2 Å². The molecule has 3 heterocycles. The second kappa shape index (κ2) is 35.5. The molecule has 2 amide bonds. The van der Waals surface area contributed by atoms with Crippen molar-refractivity contribution in [3.8, 4) is 0 Å². The lowest BCUT2D eigenvalue weighted by atomic mass is 9.74. The van der Waals surface area contributed by atoms with Crippen LogP contribution in [0.1, 0.15) is 63.5 Å². The minimum Gasteiger partial charge on any atom is -0.382 e. The molecule has 0 spiro atoms. The van der Waals surface area contributed by atoms with Crippen LogP contribution in [0, 0.1) is 0 Å². The molecule has 36 heteroatoms. The molecule has 0 aromatic heterocycles. The normalized spacial score (nSPS) is 18.3. The van der Waals surface area contributed by atoms with Crippen LogP contribution >= 0.6 is 0 Å². The number of hydrogen-bond acceptors (Lipinski definition) is 24. The van der Waals surface area contributed by atoms with Crippen molar-refractivity contribution >= 4 is 107 Å². The molecule has 546 valence electrons. The lowest BCUT2D eigenvalue weighted by Gasteiger charge is -2.31. The lowest BCUT2D eigenvalue weighted by molar-refractivity contribution is -0.441. The highest BCUT2D eigenvalue weighted by Gasteiger charge is 2.50. The number of ether oxygens (including phenoxy) is 9. The highest BCUT2D eigenvalue weighted by atomic mass is 32.2. The fraction of sp³-hybridized carbons (Fsp3) is 0.492. The van der Waals surface area contributed by atoms with Gasteiger partial charge < -0.3 is 52.4 Å². The zero-order valence-electron chi connectivity index (χ0n) is 54.8. The molecule has 0 aliphatic carbocycles. The number of fused-ring (bicyclic) bond motifs is 6. The summed E-state index contributed by atoms with van der Waals surface area (Å²) in [6.45, 7) is 6.46. The van der Waals surface area contributed by atoms with Crippen LogP contribution < -0.4 is 4.90 Å². The van der Waals surface area contributed by atoms with Crippen LogP contribution in [0.3, 0.4) is 0 Å². The van der Waals surface area contributed by atoms with Crippen molar-refractivity contribution in [3.05, 3.63) is 108 Å². The van der Waals surface area contributed by atoms with Crippen LogP contribution in [-0.4, -0.2) is 237 Å². The molecule has 3 aliphatic rings. The van der Waals surface area contributed by atoms with Gasteiger partial charge in [0.2, 0.25) is 5.69 Å². The summed E-state index contributed by atoms with van der Waals surface area (Å²) < 4.78 is 231. The summed E-state index contributed by atoms with van der Waals surface area (Å²) in [5.41, 5.74) is -0.103. The Kier molecular flexibility index (Phi) is 28.7. The van der Waals surface area contributed by atoms with Gasteiger partial charge in [-0.05, 0) is 85.9 Å². The predicted octanol–water partition coefficient (Wildman–Crippen LogP) is 5.13. The summed E-state index contributed by atoms with van der Waals surface area (Å²) in [5, 5.41) is 0.352. The zero-order valence-corrected chi connectivity index (χ0v) is 58.9. The number of imide groups is 1. The van der Waals surface area contributed by atoms with Gasteiger partial charge in [0.25, 0.3) is 62.4 Å². The number of hydroxylamine groups is 2. The minimum atomic E-state index is -5.13. The van der Waals surface area contributed by atoms with Gasteiger partial charge in [-0.3, -0.25) is 32.4 Å². The Hall–Kier alpha value is -6.37. The molecular weight excluding hydrogens is 1410 g/mol. The van der Waals surface area contributed by atoms with E-state index in [1.165, 1.54) is 19.2 Å². The van der Waals surface area contributed by atoms with Crippen LogP contribution in [0.2, 0.25) is 0 Å². The number of hydrogen-bond donors (Lipinski definition) is 5. The van der Waals surface area contributed by atoms with Crippen molar-refractivity contribution < 1.29 is 131 Å². The molecule has 0 bridgehead atoms. The number of rotatable bonds is 43. The van der Waals surface area contributed by atoms with Crippen LogP contribution in [0.15, 0.2) is 116 Å². The van der Waals surface area contributed by atoms with Crippen molar-refractivity contribution in [3.63, 3.8) is 0 Å². The van der Waals surface area contributed by atoms with E-state index < -0.39 is 105 Å². The Morgan fingerprint density at radius 3 is 1.58 bits per heavy atom. The Labute approximate surface area is 574 Å². The molecule has 3 aliphatic heterocycles. The first-order valence-electron chi connectivity index (χ1n) is 31.1. The maximum absolute atomic E-state index is 13.0. The fourth-order valence-corrected chi connectivity index (χ4v) is 14.9. The van der Waals surface area contributed by atoms with Gasteiger partial charge in [-0.25, -0.2) is 4.79 Å². The summed E-state index contributed by atoms with van der Waals surface area (Å²) >= 11 is 0. The maximum atomic E-state index is 13.0. The molecule has 4 aromatic rings. The number of allylic oxidation sites excluding steroid dienone is 8. The van der Waals surface area contributed by atoms with Gasteiger partial charge in [-0.1, -0.05) is 42.5 Å². The van der Waals surface area contributed by atoms with Crippen molar-refractivity contribution in [1.29, 1.82) is 0 Å². The molecule has 4 aromatic carbocycles. The number of amides is 2. The Balaban J connectivity index is 1.17. The van der Waals surface area contributed by atoms with Crippen LogP contribution in [0.5, 0.6) is 0 Å². The van der Waals surface area contributed by atoms with Crippen molar-refractivity contribution in [2.45, 2.75) is 82.8 Å². The second-order valence-electron chi connectivity index (χ2n) is 23.1. The molecule has 31 nitrogen and oxygen atoms in total. The van der Waals surface area contributed by atoms with E-state index in [1.54, 1.807) is 67.2 Å². The fourth-order valence-electron chi connectivity index (χ4n) is 11.8. The third kappa shape index (κ3) is 21.4.